The average Bonchev–Trinajstić information content (AvgIpc) is 2.37. The Hall–Kier alpha value is -2.29. The maximum atomic E-state index is 11.5. The van der Waals surface area contributed by atoms with Crippen molar-refractivity contribution in [2.45, 2.75) is 0 Å². The molecule has 2 N–H and O–H groups in total. The van der Waals surface area contributed by atoms with E-state index in [0.717, 1.165) is 22.1 Å². The number of fused-ring (bicyclic) bond motifs is 3. The molecule has 1 heterocycles. The lowest BCUT2D eigenvalue weighted by Crippen LogP contribution is -2.17. The molecule has 0 radical (unpaired) electrons. The molecular formula is C14H11NO2. The number of amides is 1. The van der Waals surface area contributed by atoms with Gasteiger partial charge in [0.25, 0.3) is 0 Å². The molecule has 0 unspecified atom stereocenters. The van der Waals surface area contributed by atoms with Gasteiger partial charge in [-0.2, -0.15) is 0 Å². The largest absolute Gasteiger partial charge is 0.489 e. The van der Waals surface area contributed by atoms with Gasteiger partial charge in [0.05, 0.1) is 5.57 Å². The highest BCUT2D eigenvalue weighted by molar-refractivity contribution is 6.23. The van der Waals surface area contributed by atoms with E-state index in [-0.39, 0.29) is 0 Å². The minimum Gasteiger partial charge on any atom is -0.489 e. The molecular weight excluding hydrogens is 214 g/mol. The summed E-state index contributed by atoms with van der Waals surface area (Å²) in [7, 11) is 0. The van der Waals surface area contributed by atoms with Crippen LogP contribution in [0.25, 0.3) is 16.3 Å². The Morgan fingerprint density at radius 2 is 2.00 bits per heavy atom. The zero-order valence-corrected chi connectivity index (χ0v) is 9.14. The lowest BCUT2D eigenvalue weighted by Gasteiger charge is -2.18. The van der Waals surface area contributed by atoms with Crippen molar-refractivity contribution in [2.75, 3.05) is 6.61 Å². The Labute approximate surface area is 98.5 Å². The van der Waals surface area contributed by atoms with Crippen molar-refractivity contribution in [3.63, 3.8) is 0 Å². The first-order valence-corrected chi connectivity index (χ1v) is 5.42. The number of hydrogen-bond acceptors (Lipinski definition) is 2. The van der Waals surface area contributed by atoms with Crippen LogP contribution < -0.4 is 10.5 Å². The maximum Gasteiger partial charge on any atom is 0.249 e. The van der Waals surface area contributed by atoms with Crippen LogP contribution in [0.15, 0.2) is 42.5 Å². The summed E-state index contributed by atoms with van der Waals surface area (Å²) in [6.45, 7) is 0.392. The Morgan fingerprint density at radius 1 is 1.18 bits per heavy atom. The van der Waals surface area contributed by atoms with Crippen LogP contribution in [0.4, 0.5) is 0 Å². The third-order valence-corrected chi connectivity index (χ3v) is 2.95. The van der Waals surface area contributed by atoms with Crippen molar-refractivity contribution in [3.8, 4) is 5.75 Å². The van der Waals surface area contributed by atoms with E-state index in [1.54, 1.807) is 6.08 Å². The number of carbonyl (C=O) groups is 1. The first-order chi connectivity index (χ1) is 8.27. The van der Waals surface area contributed by atoms with Crippen molar-refractivity contribution in [2.24, 2.45) is 5.73 Å². The topological polar surface area (TPSA) is 52.3 Å². The molecule has 0 saturated heterocycles. The van der Waals surface area contributed by atoms with E-state index in [4.69, 9.17) is 10.5 Å². The molecule has 84 valence electrons. The zero-order valence-electron chi connectivity index (χ0n) is 9.14. The molecule has 3 nitrogen and oxygen atoms in total. The molecule has 0 aliphatic carbocycles. The van der Waals surface area contributed by atoms with Crippen LogP contribution in [0.5, 0.6) is 5.75 Å². The minimum absolute atomic E-state index is 0.392. The molecule has 17 heavy (non-hydrogen) atoms. The van der Waals surface area contributed by atoms with Gasteiger partial charge in [-0.05, 0) is 22.9 Å². The van der Waals surface area contributed by atoms with E-state index in [1.165, 1.54) is 0 Å². The molecule has 0 aromatic heterocycles. The Morgan fingerprint density at radius 3 is 2.82 bits per heavy atom. The summed E-state index contributed by atoms with van der Waals surface area (Å²) in [5, 5.41) is 2.07. The third kappa shape index (κ3) is 1.47. The summed E-state index contributed by atoms with van der Waals surface area (Å²) in [4.78, 5) is 11.5. The second-order valence-corrected chi connectivity index (χ2v) is 3.95. The van der Waals surface area contributed by atoms with Gasteiger partial charge in [-0.15, -0.1) is 0 Å². The van der Waals surface area contributed by atoms with Gasteiger partial charge in [0.1, 0.15) is 12.4 Å². The van der Waals surface area contributed by atoms with Crippen LogP contribution in [0.2, 0.25) is 0 Å². The van der Waals surface area contributed by atoms with Crippen molar-refractivity contribution >= 4 is 22.3 Å². The highest BCUT2D eigenvalue weighted by atomic mass is 16.5. The van der Waals surface area contributed by atoms with Crippen LogP contribution >= 0.6 is 0 Å². The van der Waals surface area contributed by atoms with Gasteiger partial charge >= 0.3 is 0 Å². The number of nitrogens with two attached hydrogens (primary N) is 1. The number of rotatable bonds is 1. The van der Waals surface area contributed by atoms with Crippen molar-refractivity contribution < 1.29 is 9.53 Å². The van der Waals surface area contributed by atoms with E-state index in [1.807, 2.05) is 36.4 Å². The Bertz CT molecular complexity index is 644. The van der Waals surface area contributed by atoms with Crippen LogP contribution in [-0.4, -0.2) is 12.5 Å². The molecule has 3 heteroatoms. The minimum atomic E-state index is -0.411. The summed E-state index contributed by atoms with van der Waals surface area (Å²) >= 11 is 0. The fourth-order valence-corrected chi connectivity index (χ4v) is 2.19. The van der Waals surface area contributed by atoms with Gasteiger partial charge in [0, 0.05) is 5.56 Å². The SMILES string of the molecule is NC(=O)C1=CCOc2ccc3ccccc3c21. The van der Waals surface area contributed by atoms with E-state index in [2.05, 4.69) is 0 Å². The molecule has 0 atom stereocenters. The summed E-state index contributed by atoms with van der Waals surface area (Å²) in [5.74, 6) is 0.311. The maximum absolute atomic E-state index is 11.5. The van der Waals surface area contributed by atoms with E-state index in [9.17, 15) is 4.79 Å². The Balaban J connectivity index is 2.38. The molecule has 0 spiro atoms. The van der Waals surface area contributed by atoms with E-state index >= 15 is 0 Å². The van der Waals surface area contributed by atoms with E-state index in [0.29, 0.717) is 12.2 Å². The number of ether oxygens (including phenoxy) is 1. The predicted octanol–water partition coefficient (Wildman–Crippen LogP) is 2.10. The first-order valence-electron chi connectivity index (χ1n) is 5.42. The van der Waals surface area contributed by atoms with Crippen LogP contribution in [-0.2, 0) is 4.79 Å². The number of hydrogen-bond donors (Lipinski definition) is 1. The summed E-state index contributed by atoms with van der Waals surface area (Å²) in [6, 6.07) is 11.7. The summed E-state index contributed by atoms with van der Waals surface area (Å²) in [6.07, 6.45) is 1.73. The van der Waals surface area contributed by atoms with Gasteiger partial charge in [-0.1, -0.05) is 30.3 Å². The molecule has 2 aromatic carbocycles. The van der Waals surface area contributed by atoms with Gasteiger partial charge in [0.15, 0.2) is 0 Å². The van der Waals surface area contributed by atoms with Gasteiger partial charge in [-0.25, -0.2) is 0 Å². The quantitative estimate of drug-likeness (QED) is 0.808. The van der Waals surface area contributed by atoms with Crippen LogP contribution in [0, 0.1) is 0 Å². The highest BCUT2D eigenvalue weighted by Gasteiger charge is 2.20. The lowest BCUT2D eigenvalue weighted by molar-refractivity contribution is -0.112. The Kier molecular flexibility index (Phi) is 2.11. The monoisotopic (exact) mass is 225 g/mol. The predicted molar refractivity (Wildman–Crippen MR) is 66.6 cm³/mol. The molecule has 1 aliphatic rings. The highest BCUT2D eigenvalue weighted by Crippen LogP contribution is 2.35. The number of benzene rings is 2. The van der Waals surface area contributed by atoms with Gasteiger partial charge < -0.3 is 10.5 Å². The van der Waals surface area contributed by atoms with Crippen LogP contribution in [0.3, 0.4) is 0 Å². The van der Waals surface area contributed by atoms with E-state index < -0.39 is 5.91 Å². The average molecular weight is 225 g/mol. The fraction of sp³-hybridized carbons (Fsp3) is 0.0714. The molecule has 0 fully saturated rings. The van der Waals surface area contributed by atoms with Gasteiger partial charge in [-0.3, -0.25) is 4.79 Å². The first kappa shape index (κ1) is 9.90. The van der Waals surface area contributed by atoms with Gasteiger partial charge in [0.2, 0.25) is 5.91 Å². The van der Waals surface area contributed by atoms with Crippen molar-refractivity contribution in [1.82, 2.24) is 0 Å². The third-order valence-electron chi connectivity index (χ3n) is 2.95. The molecule has 1 amide bonds. The lowest BCUT2D eigenvalue weighted by atomic mass is 9.95. The summed E-state index contributed by atoms with van der Waals surface area (Å²) in [5.41, 5.74) is 6.76. The van der Waals surface area contributed by atoms with Crippen molar-refractivity contribution in [1.29, 1.82) is 0 Å². The fourth-order valence-electron chi connectivity index (χ4n) is 2.19. The molecule has 0 bridgehead atoms. The standard InChI is InChI=1S/C14H11NO2/c15-14(16)11-7-8-17-12-6-5-9-3-1-2-4-10(9)13(11)12/h1-7H,8H2,(H2,15,16). The smallest absolute Gasteiger partial charge is 0.249 e. The second kappa shape index (κ2) is 3.63. The van der Waals surface area contributed by atoms with Crippen molar-refractivity contribution in [3.05, 3.63) is 48.0 Å². The summed E-state index contributed by atoms with van der Waals surface area (Å²) < 4.78 is 5.53. The number of carbonyl (C=O) groups excluding carboxylic acids is 1. The van der Waals surface area contributed by atoms with Crippen LogP contribution in [0.1, 0.15) is 5.56 Å². The normalized spacial score (nSPS) is 13.8. The zero-order chi connectivity index (χ0) is 11.8. The molecule has 2 aromatic rings. The molecule has 3 rings (SSSR count). The molecule has 1 aliphatic heterocycles. The number of primary amides is 1. The molecule has 0 saturated carbocycles. The second-order valence-electron chi connectivity index (χ2n) is 3.95.